The van der Waals surface area contributed by atoms with Gasteiger partial charge in [0.15, 0.2) is 0 Å². The smallest absolute Gasteiger partial charge is 0.490 e. The molecule has 0 N–H and O–H groups in total. The maximum absolute atomic E-state index is 13.6. The van der Waals surface area contributed by atoms with Gasteiger partial charge in [0.25, 0.3) is 0 Å². The van der Waals surface area contributed by atoms with E-state index in [0.717, 1.165) is 0 Å². The van der Waals surface area contributed by atoms with E-state index in [0.29, 0.717) is 56.8 Å². The molecule has 1 unspecified atom stereocenters. The maximum atomic E-state index is 13.6. The van der Waals surface area contributed by atoms with Crippen molar-refractivity contribution in [1.29, 1.82) is 0 Å². The lowest BCUT2D eigenvalue weighted by Crippen LogP contribution is -2.28. The number of carbonyl (C=O) groups excluding carboxylic acids is 1. The van der Waals surface area contributed by atoms with Gasteiger partial charge in [-0.15, -0.1) is 0 Å². The van der Waals surface area contributed by atoms with Crippen LogP contribution < -0.4 is 28.4 Å². The van der Waals surface area contributed by atoms with E-state index in [1.807, 2.05) is 0 Å². The number of rotatable bonds is 9. The lowest BCUT2D eigenvalue weighted by Gasteiger charge is -2.28. The quantitative estimate of drug-likeness (QED) is 0.302. The molecule has 4 rings (SSSR count). The van der Waals surface area contributed by atoms with Crippen molar-refractivity contribution in [3.05, 3.63) is 70.8 Å². The zero-order valence-corrected chi connectivity index (χ0v) is 22.8. The summed E-state index contributed by atoms with van der Waals surface area (Å²) >= 11 is 0. The monoisotopic (exact) mass is 562 g/mol. The van der Waals surface area contributed by atoms with Crippen LogP contribution in [0.15, 0.2) is 48.5 Å². The Morgan fingerprint density at radius 1 is 0.650 bits per heavy atom. The number of esters is 1. The second-order valence-electron chi connectivity index (χ2n) is 8.91. The second kappa shape index (κ2) is 11.4. The van der Waals surface area contributed by atoms with Crippen molar-refractivity contribution in [2.45, 2.75) is 24.1 Å². The topological polar surface area (TPSA) is 81.7 Å². The molecule has 0 amide bonds. The number of fused-ring (bicyclic) bond motifs is 1. The van der Waals surface area contributed by atoms with E-state index in [1.54, 1.807) is 48.5 Å². The zero-order valence-electron chi connectivity index (χ0n) is 22.8. The maximum Gasteiger partial charge on any atom is 0.490 e. The number of halogens is 3. The Morgan fingerprint density at radius 3 is 1.73 bits per heavy atom. The van der Waals surface area contributed by atoms with Crippen molar-refractivity contribution in [3.8, 4) is 34.5 Å². The minimum absolute atomic E-state index is 0.295. The van der Waals surface area contributed by atoms with Gasteiger partial charge in [0.05, 0.1) is 42.7 Å². The summed E-state index contributed by atoms with van der Waals surface area (Å²) in [5, 5.41) is 0. The van der Waals surface area contributed by atoms with Gasteiger partial charge in [0, 0.05) is 46.7 Å². The summed E-state index contributed by atoms with van der Waals surface area (Å²) in [7, 11) is 8.76. The highest BCUT2D eigenvalue weighted by Crippen LogP contribution is 2.61. The summed E-state index contributed by atoms with van der Waals surface area (Å²) in [5.41, 5.74) is 1.91. The molecule has 0 aliphatic heterocycles. The first-order valence-corrected chi connectivity index (χ1v) is 12.1. The first kappa shape index (κ1) is 28.7. The molecule has 0 fully saturated rings. The van der Waals surface area contributed by atoms with Gasteiger partial charge < -0.3 is 33.2 Å². The molecule has 0 saturated heterocycles. The fraction of sp³-hybridized carbons (Fsp3) is 0.345. The summed E-state index contributed by atoms with van der Waals surface area (Å²) in [6.07, 6.45) is -6.63. The van der Waals surface area contributed by atoms with Crippen molar-refractivity contribution in [2.24, 2.45) is 0 Å². The van der Waals surface area contributed by atoms with Crippen LogP contribution in [0.3, 0.4) is 0 Å². The van der Waals surface area contributed by atoms with Crippen molar-refractivity contribution in [2.75, 3.05) is 42.7 Å². The summed E-state index contributed by atoms with van der Waals surface area (Å²) < 4.78 is 79.0. The van der Waals surface area contributed by atoms with Crippen LogP contribution in [0.5, 0.6) is 34.5 Å². The zero-order chi connectivity index (χ0) is 29.2. The van der Waals surface area contributed by atoms with E-state index in [1.165, 1.54) is 42.7 Å². The van der Waals surface area contributed by atoms with E-state index >= 15 is 0 Å². The summed E-state index contributed by atoms with van der Waals surface area (Å²) in [5.74, 6) is -1.56. The molecular formula is C29H29F3O8. The first-order valence-electron chi connectivity index (χ1n) is 12.1. The Balaban J connectivity index is 2.08. The van der Waals surface area contributed by atoms with Gasteiger partial charge in [-0.1, -0.05) is 6.07 Å². The minimum atomic E-state index is -5.23. The molecule has 0 radical (unpaired) electrons. The normalized spacial score (nSPS) is 18.0. The van der Waals surface area contributed by atoms with Crippen LogP contribution in [0.25, 0.3) is 0 Å². The van der Waals surface area contributed by atoms with Crippen LogP contribution in [-0.2, 0) is 9.53 Å². The Labute approximate surface area is 229 Å². The lowest BCUT2D eigenvalue weighted by atomic mass is 9.80. The van der Waals surface area contributed by atoms with Gasteiger partial charge in [0.2, 0.25) is 0 Å². The lowest BCUT2D eigenvalue weighted by molar-refractivity contribution is -0.206. The highest BCUT2D eigenvalue weighted by molar-refractivity contribution is 5.76. The molecule has 1 aliphatic rings. The predicted octanol–water partition coefficient (Wildman–Crippen LogP) is 5.81. The number of carbonyl (C=O) groups is 1. The molecule has 8 nitrogen and oxygen atoms in total. The minimum Gasteiger partial charge on any atom is -0.497 e. The number of alkyl halides is 3. The summed E-state index contributed by atoms with van der Waals surface area (Å²) in [6.45, 7) is 0. The molecule has 40 heavy (non-hydrogen) atoms. The van der Waals surface area contributed by atoms with Crippen LogP contribution in [0.4, 0.5) is 13.2 Å². The summed E-state index contributed by atoms with van der Waals surface area (Å²) in [6, 6.07) is 13.3. The molecule has 3 aromatic rings. The third kappa shape index (κ3) is 5.28. The van der Waals surface area contributed by atoms with Gasteiger partial charge in [-0.2, -0.15) is 13.2 Å². The molecule has 3 aromatic carbocycles. The van der Waals surface area contributed by atoms with Crippen LogP contribution in [0.1, 0.15) is 40.2 Å². The highest BCUT2D eigenvalue weighted by Gasteiger charge is 2.51. The molecule has 3 atom stereocenters. The number of benzene rings is 3. The molecule has 1 aliphatic carbocycles. The predicted molar refractivity (Wildman–Crippen MR) is 138 cm³/mol. The number of hydrogen-bond acceptors (Lipinski definition) is 8. The van der Waals surface area contributed by atoms with Crippen LogP contribution in [0.2, 0.25) is 0 Å². The molecule has 0 heterocycles. The van der Waals surface area contributed by atoms with E-state index in [2.05, 4.69) is 0 Å². The average Bonchev–Trinajstić information content (AvgIpc) is 3.28. The molecule has 0 bridgehead atoms. The third-order valence-corrected chi connectivity index (χ3v) is 6.90. The largest absolute Gasteiger partial charge is 0.497 e. The molecule has 0 aromatic heterocycles. The number of hydrogen-bond donors (Lipinski definition) is 0. The van der Waals surface area contributed by atoms with Crippen molar-refractivity contribution in [3.63, 3.8) is 0 Å². The third-order valence-electron chi connectivity index (χ3n) is 6.90. The van der Waals surface area contributed by atoms with Gasteiger partial charge in [-0.3, -0.25) is 0 Å². The van der Waals surface area contributed by atoms with E-state index < -0.39 is 30.1 Å². The average molecular weight is 563 g/mol. The molecular weight excluding hydrogens is 533 g/mol. The van der Waals surface area contributed by atoms with E-state index in [9.17, 15) is 18.0 Å². The fourth-order valence-electron chi connectivity index (χ4n) is 5.16. The SMILES string of the molecule is COc1cc(OC)cc([C@H]2c3c(OC)cc(OC)cc3[C@@H](OC(=O)C(F)(F)F)C2c2ccc(OC)cc2OC)c1. The van der Waals surface area contributed by atoms with Gasteiger partial charge >= 0.3 is 12.1 Å². The van der Waals surface area contributed by atoms with Gasteiger partial charge in [0.1, 0.15) is 40.6 Å². The fourth-order valence-corrected chi connectivity index (χ4v) is 5.16. The van der Waals surface area contributed by atoms with Crippen LogP contribution in [-0.4, -0.2) is 54.8 Å². The van der Waals surface area contributed by atoms with Crippen LogP contribution in [0, 0.1) is 0 Å². The van der Waals surface area contributed by atoms with E-state index in [4.69, 9.17) is 33.2 Å². The highest BCUT2D eigenvalue weighted by atomic mass is 19.4. The Kier molecular flexibility index (Phi) is 8.22. The Morgan fingerprint density at radius 2 is 1.20 bits per heavy atom. The molecule has 0 saturated carbocycles. The van der Waals surface area contributed by atoms with Crippen LogP contribution >= 0.6 is 0 Å². The number of methoxy groups -OCH3 is 6. The molecule has 11 heteroatoms. The van der Waals surface area contributed by atoms with Crippen molar-refractivity contribution >= 4 is 5.97 Å². The molecule has 0 spiro atoms. The first-order chi connectivity index (χ1) is 19.1. The number of ether oxygens (including phenoxy) is 7. The standard InChI is InChI=1S/C29H29F3O8/c1-34-16-7-8-20(22(13-16)38-5)26-24(15-9-17(35-2)11-18(10-15)36-3)25-21(12-19(37-4)14-23(25)39-6)27(26)40-28(33)29(30,31)32/h7-14,24,26-27H,1-6H3/t24-,26?,27+/m0/s1. The van der Waals surface area contributed by atoms with Crippen molar-refractivity contribution < 1.29 is 51.1 Å². The second-order valence-corrected chi connectivity index (χ2v) is 8.91. The molecule has 214 valence electrons. The van der Waals surface area contributed by atoms with Gasteiger partial charge in [-0.25, -0.2) is 4.79 Å². The van der Waals surface area contributed by atoms with Gasteiger partial charge in [-0.05, 0) is 29.8 Å². The Hall–Kier alpha value is -4.28. The Bertz CT molecular complexity index is 1370. The van der Waals surface area contributed by atoms with Crippen molar-refractivity contribution in [1.82, 2.24) is 0 Å². The van der Waals surface area contributed by atoms with E-state index in [-0.39, 0.29) is 0 Å². The summed E-state index contributed by atoms with van der Waals surface area (Å²) in [4.78, 5) is 12.3.